The molecule has 22 heteroatoms. The molecule has 0 unspecified atom stereocenters. The lowest BCUT2D eigenvalue weighted by molar-refractivity contribution is -0.139. The molecule has 4 fully saturated rings. The number of carbonyl (C=O) groups is 7. The van der Waals surface area contributed by atoms with Crippen molar-refractivity contribution in [2.75, 3.05) is 77.1 Å². The highest BCUT2D eigenvalue weighted by molar-refractivity contribution is 6.02. The average Bonchev–Trinajstić information content (AvgIpc) is 4.17. The number of hydrogen-bond acceptors (Lipinski definition) is 12. The number of nitrogens with two attached hydrogens (primary N) is 1. The van der Waals surface area contributed by atoms with E-state index in [9.17, 15) is 38.7 Å². The first-order valence-electron chi connectivity index (χ1n) is 30.9. The number of aryl methyl sites for hydroxylation is 2. The van der Waals surface area contributed by atoms with Gasteiger partial charge in [0.15, 0.2) is 0 Å². The van der Waals surface area contributed by atoms with E-state index in [0.29, 0.717) is 68.5 Å². The molecule has 2 aliphatic carbocycles. The van der Waals surface area contributed by atoms with Crippen molar-refractivity contribution in [1.29, 1.82) is 0 Å². The Morgan fingerprint density at radius 1 is 0.565 bits per heavy atom. The molecule has 0 spiro atoms. The Morgan fingerprint density at radius 2 is 0.941 bits per heavy atom. The summed E-state index contributed by atoms with van der Waals surface area (Å²) >= 11 is 0. The van der Waals surface area contributed by atoms with Crippen LogP contribution in [0.25, 0.3) is 0 Å². The van der Waals surface area contributed by atoms with Gasteiger partial charge in [0.1, 0.15) is 29.5 Å². The Morgan fingerprint density at radius 3 is 1.31 bits per heavy atom. The van der Waals surface area contributed by atoms with Gasteiger partial charge in [-0.2, -0.15) is 10.2 Å². The van der Waals surface area contributed by atoms with Crippen LogP contribution < -0.4 is 27.0 Å². The zero-order valence-electron chi connectivity index (χ0n) is 51.3. The molecule has 8 rings (SSSR count). The highest BCUT2D eigenvalue weighted by atomic mass is 16.4. The van der Waals surface area contributed by atoms with Crippen LogP contribution in [-0.2, 0) is 45.1 Å². The van der Waals surface area contributed by atoms with E-state index in [2.05, 4.69) is 48.3 Å². The van der Waals surface area contributed by atoms with Gasteiger partial charge < -0.3 is 51.7 Å². The van der Waals surface area contributed by atoms with Gasteiger partial charge in [0.05, 0.1) is 6.04 Å². The van der Waals surface area contributed by atoms with Gasteiger partial charge >= 0.3 is 6.09 Å². The summed E-state index contributed by atoms with van der Waals surface area (Å²) in [5.41, 5.74) is 9.26. The number of piperazine rings is 2. The van der Waals surface area contributed by atoms with Gasteiger partial charge in [-0.15, -0.1) is 0 Å². The monoisotopic (exact) mass is 1170 g/mol. The van der Waals surface area contributed by atoms with Crippen LogP contribution in [0.1, 0.15) is 144 Å². The summed E-state index contributed by atoms with van der Waals surface area (Å²) in [5, 5.41) is 30.6. The number of carboxylic acid groups (broad SMARTS) is 1. The largest absolute Gasteiger partial charge is 0.465 e. The van der Waals surface area contributed by atoms with Crippen LogP contribution in [0.3, 0.4) is 0 Å². The Kier molecular flexibility index (Phi) is 24.1. The number of hydrogen-bond donors (Lipinski definition) is 6. The van der Waals surface area contributed by atoms with E-state index < -0.39 is 35.8 Å². The SMILES string of the molecule is CCn1nccc1C(=O)N[C@H](C(=O)Nc1ccc(C[C@@H](N)C(=O)N2CCN(C)CC2)cc1)C1CCCCCC1.CCn1nccc1C(=O)N[C@H](C(=O)Nc1ccc(C[C@H](C(=O)N2CCN(C)CC2)N(C(=O)O)C(C)(C)C)cc1)C1CCCCCC1. The molecule has 2 saturated heterocycles. The van der Waals surface area contributed by atoms with Gasteiger partial charge in [-0.05, 0) is 140 Å². The van der Waals surface area contributed by atoms with E-state index in [1.165, 1.54) is 4.90 Å². The van der Waals surface area contributed by atoms with Crippen molar-refractivity contribution in [2.45, 2.75) is 167 Å². The van der Waals surface area contributed by atoms with Crippen LogP contribution in [0, 0.1) is 11.8 Å². The zero-order valence-corrected chi connectivity index (χ0v) is 51.3. The summed E-state index contributed by atoms with van der Waals surface area (Å²) in [6.07, 6.45) is 14.9. The zero-order chi connectivity index (χ0) is 61.2. The second-order valence-corrected chi connectivity index (χ2v) is 24.5. The molecule has 4 heterocycles. The lowest BCUT2D eigenvalue weighted by Gasteiger charge is -2.42. The van der Waals surface area contributed by atoms with Crippen LogP contribution >= 0.6 is 0 Å². The van der Waals surface area contributed by atoms with Crippen LogP contribution in [0.5, 0.6) is 0 Å². The number of benzene rings is 2. The smallest absolute Gasteiger partial charge is 0.408 e. The molecule has 0 radical (unpaired) electrons. The first-order chi connectivity index (χ1) is 40.7. The maximum atomic E-state index is 13.8. The quantitative estimate of drug-likeness (QED) is 0.0562. The number of aromatic nitrogens is 4. The van der Waals surface area contributed by atoms with Gasteiger partial charge in [-0.25, -0.2) is 4.79 Å². The average molecular weight is 1180 g/mol. The molecule has 7 amide bonds. The maximum Gasteiger partial charge on any atom is 0.408 e. The fourth-order valence-electron chi connectivity index (χ4n) is 12.2. The number of likely N-dealkylation sites (N-methyl/N-ethyl adjacent to an activating group) is 2. The van der Waals surface area contributed by atoms with Crippen molar-refractivity contribution in [3.8, 4) is 0 Å². The molecule has 2 aliphatic heterocycles. The minimum Gasteiger partial charge on any atom is -0.465 e. The Hall–Kier alpha value is -7.17. The molecule has 7 N–H and O–H groups in total. The van der Waals surface area contributed by atoms with Gasteiger partial charge in [-0.3, -0.25) is 43.0 Å². The first kappa shape index (κ1) is 65.4. The van der Waals surface area contributed by atoms with Gasteiger partial charge in [-0.1, -0.05) is 75.6 Å². The molecule has 2 aromatic heterocycles. The van der Waals surface area contributed by atoms with Gasteiger partial charge in [0.25, 0.3) is 11.8 Å². The third kappa shape index (κ3) is 18.4. The number of amides is 7. The molecule has 2 saturated carbocycles. The first-order valence-corrected chi connectivity index (χ1v) is 30.9. The molecular weight excluding hydrogens is 1080 g/mol. The molecule has 4 aromatic rings. The number of nitrogens with zero attached hydrogens (tertiary/aromatic N) is 9. The predicted octanol–water partition coefficient (Wildman–Crippen LogP) is 6.33. The minimum absolute atomic E-state index is 0.0180. The van der Waals surface area contributed by atoms with Crippen molar-refractivity contribution in [3.63, 3.8) is 0 Å². The molecule has 85 heavy (non-hydrogen) atoms. The summed E-state index contributed by atoms with van der Waals surface area (Å²) in [6, 6.07) is 15.1. The summed E-state index contributed by atoms with van der Waals surface area (Å²) < 4.78 is 3.25. The Bertz CT molecular complexity index is 2820. The third-order valence-electron chi connectivity index (χ3n) is 17.2. The Labute approximate surface area is 501 Å². The van der Waals surface area contributed by atoms with Crippen LogP contribution in [0.4, 0.5) is 16.2 Å². The summed E-state index contributed by atoms with van der Waals surface area (Å²) in [7, 11) is 4.06. The lowest BCUT2D eigenvalue weighted by atomic mass is 9.91. The minimum atomic E-state index is -1.14. The van der Waals surface area contributed by atoms with E-state index in [4.69, 9.17) is 5.73 Å². The van der Waals surface area contributed by atoms with E-state index in [-0.39, 0.29) is 53.7 Å². The summed E-state index contributed by atoms with van der Waals surface area (Å²) in [5.74, 6) is -1.22. The topological polar surface area (TPSA) is 266 Å². The number of rotatable bonds is 19. The molecule has 4 aliphatic rings. The summed E-state index contributed by atoms with van der Waals surface area (Å²) in [4.78, 5) is 102. The molecule has 22 nitrogen and oxygen atoms in total. The van der Waals surface area contributed by atoms with Crippen LogP contribution in [0.2, 0.25) is 0 Å². The van der Waals surface area contributed by atoms with Gasteiger partial charge in [0, 0.05) is 101 Å². The van der Waals surface area contributed by atoms with Crippen molar-refractivity contribution in [1.82, 2.24) is 54.7 Å². The van der Waals surface area contributed by atoms with E-state index in [1.807, 2.05) is 62.2 Å². The highest BCUT2D eigenvalue weighted by Gasteiger charge is 2.40. The van der Waals surface area contributed by atoms with Crippen molar-refractivity contribution < 1.29 is 38.7 Å². The maximum absolute atomic E-state index is 13.8. The van der Waals surface area contributed by atoms with E-state index in [1.54, 1.807) is 71.7 Å². The van der Waals surface area contributed by atoms with Crippen LogP contribution in [0.15, 0.2) is 73.1 Å². The van der Waals surface area contributed by atoms with Crippen molar-refractivity contribution in [3.05, 3.63) is 95.6 Å². The van der Waals surface area contributed by atoms with E-state index >= 15 is 0 Å². The fourth-order valence-corrected chi connectivity index (χ4v) is 12.2. The van der Waals surface area contributed by atoms with Gasteiger partial charge in [0.2, 0.25) is 23.6 Å². The second-order valence-electron chi connectivity index (χ2n) is 24.5. The van der Waals surface area contributed by atoms with E-state index in [0.717, 1.165) is 114 Å². The highest BCUT2D eigenvalue weighted by Crippen LogP contribution is 2.30. The lowest BCUT2D eigenvalue weighted by Crippen LogP contribution is -2.60. The fraction of sp³-hybridized carbons (Fsp3) is 0.603. The van der Waals surface area contributed by atoms with Crippen molar-refractivity contribution in [2.24, 2.45) is 17.6 Å². The molecular formula is C63H94N14O8. The number of carbonyl (C=O) groups excluding carboxylic acids is 6. The Balaban J connectivity index is 0.000000247. The standard InChI is InChI=1S/C34H51N7O5.C29H43N7O3/c1-6-40-27(17-18-35-40)30(42)37-29(25-11-9-7-8-10-12-25)31(43)36-26-15-13-24(14-16-26)23-28(41(33(45)46)34(2,3)4)32(44)39-21-19-38(5)20-22-39;1-3-36-25(14-15-31-36)27(37)33-26(22-8-6-4-5-7-9-22)28(38)32-23-12-10-21(11-13-23)20-24(30)29(39)35-18-16-34(2)17-19-35/h13-18,25,28-29H,6-12,19-23H2,1-5H3,(H,36,43)(H,37,42)(H,45,46);10-15,22,24,26H,3-9,16-20,30H2,1-2H3,(H,32,38)(H,33,37)/t28-,29+;24-,26+/m11/s1. The number of anilines is 2. The summed E-state index contributed by atoms with van der Waals surface area (Å²) in [6.45, 7) is 16.0. The molecule has 0 bridgehead atoms. The molecule has 2 aromatic carbocycles. The third-order valence-corrected chi connectivity index (χ3v) is 17.2. The second kappa shape index (κ2) is 31.3. The normalized spacial score (nSPS) is 18.3. The van der Waals surface area contributed by atoms with Crippen molar-refractivity contribution >= 4 is 52.9 Å². The van der Waals surface area contributed by atoms with Crippen LogP contribution in [-0.4, -0.2) is 187 Å². The number of nitrogens with one attached hydrogen (secondary N) is 4. The molecule has 464 valence electrons. The molecule has 4 atom stereocenters. The predicted molar refractivity (Wildman–Crippen MR) is 328 cm³/mol.